The second kappa shape index (κ2) is 12.4. The summed E-state index contributed by atoms with van der Waals surface area (Å²) in [5, 5.41) is 27.0. The number of hydrogen-bond donors (Lipinski definition) is 3. The van der Waals surface area contributed by atoms with Crippen molar-refractivity contribution < 1.29 is 9.18 Å². The number of alkyl halides is 1. The lowest BCUT2D eigenvalue weighted by atomic mass is 10.1. The number of aldehydes is 1. The van der Waals surface area contributed by atoms with Crippen LogP contribution in [0.4, 0.5) is 10.1 Å². The lowest BCUT2D eigenvalue weighted by Crippen LogP contribution is -2.52. The molecule has 3 heterocycles. The zero-order valence-corrected chi connectivity index (χ0v) is 25.6. The molecular formula is C27H36ClFN8OS2. The molecule has 216 valence electrons. The molecule has 1 atom stereocenters. The fraction of sp³-hybridized carbons (Fsp3) is 0.593. The van der Waals surface area contributed by atoms with Crippen LogP contribution >= 0.6 is 35.3 Å². The molecule has 9 nitrogen and oxygen atoms in total. The van der Waals surface area contributed by atoms with Crippen molar-refractivity contribution in [2.75, 3.05) is 38.3 Å². The number of fused-ring (bicyclic) bond motifs is 1. The normalized spacial score (nSPS) is 20.9. The van der Waals surface area contributed by atoms with Gasteiger partial charge in [0.2, 0.25) is 0 Å². The number of aromatic nitrogens is 2. The molecule has 2 aromatic heterocycles. The van der Waals surface area contributed by atoms with E-state index in [4.69, 9.17) is 22.4 Å². The molecule has 0 radical (unpaired) electrons. The fourth-order valence-electron chi connectivity index (χ4n) is 4.15. The summed E-state index contributed by atoms with van der Waals surface area (Å²) in [5.74, 6) is 0.543. The van der Waals surface area contributed by atoms with Gasteiger partial charge in [-0.05, 0) is 57.7 Å². The lowest BCUT2D eigenvalue weighted by molar-refractivity contribution is -0.110. The third-order valence-electron chi connectivity index (χ3n) is 7.44. The molecule has 0 bridgehead atoms. The van der Waals surface area contributed by atoms with E-state index in [-0.39, 0.29) is 32.7 Å². The molecule has 3 aliphatic rings. The molecule has 2 aliphatic carbocycles. The summed E-state index contributed by atoms with van der Waals surface area (Å²) >= 11 is 9.15. The number of thioether (sulfide) groups is 1. The molecule has 2 aromatic rings. The van der Waals surface area contributed by atoms with E-state index < -0.39 is 12.1 Å². The maximum atomic E-state index is 13.7. The second-order valence-electron chi connectivity index (χ2n) is 11.3. The lowest BCUT2D eigenvalue weighted by Gasteiger charge is -2.39. The Morgan fingerprint density at radius 1 is 1.35 bits per heavy atom. The Balaban J connectivity index is 0.000000681. The standard InChI is InChI=1S/C23H28ClFN8S2.C4H8O/c1-22(3-4-22)30-35-15-9-16(32-8-7-31(2)14(10-25)11-32)17-18(24)29-20(33(17)12-15)19(27)34-21(28)23(13-26)5-6-23;1-4(2)3-5/h9,12,14,27-28,30H,3-8,10-11H2,1-2H3;3-4H,1-2H3. The highest BCUT2D eigenvalue weighted by Gasteiger charge is 2.48. The van der Waals surface area contributed by atoms with Crippen molar-refractivity contribution in [3.63, 3.8) is 0 Å². The van der Waals surface area contributed by atoms with Crippen LogP contribution in [0, 0.1) is 33.5 Å². The van der Waals surface area contributed by atoms with Crippen LogP contribution in [0.2, 0.25) is 5.15 Å². The number of nitriles is 1. The number of hydrogen-bond acceptors (Lipinski definition) is 10. The van der Waals surface area contributed by atoms with E-state index >= 15 is 0 Å². The molecule has 13 heteroatoms. The van der Waals surface area contributed by atoms with Crippen LogP contribution in [0.5, 0.6) is 0 Å². The first kappa shape index (κ1) is 30.8. The fourth-order valence-corrected chi connectivity index (χ4v) is 6.20. The summed E-state index contributed by atoms with van der Waals surface area (Å²) < 4.78 is 19.1. The largest absolute Gasteiger partial charge is 0.367 e. The van der Waals surface area contributed by atoms with Crippen molar-refractivity contribution in [2.24, 2.45) is 11.3 Å². The van der Waals surface area contributed by atoms with E-state index in [1.807, 2.05) is 36.4 Å². The average molecular weight is 607 g/mol. The number of imidazole rings is 1. The molecule has 2 saturated carbocycles. The quantitative estimate of drug-likeness (QED) is 0.158. The third kappa shape index (κ3) is 6.82. The minimum Gasteiger partial charge on any atom is -0.367 e. The van der Waals surface area contributed by atoms with Gasteiger partial charge in [-0.1, -0.05) is 37.2 Å². The highest BCUT2D eigenvalue weighted by atomic mass is 35.5. The average Bonchev–Trinajstić information content (AvgIpc) is 3.86. The van der Waals surface area contributed by atoms with Crippen molar-refractivity contribution >= 4 is 62.9 Å². The number of likely N-dealkylation sites (N-methyl/N-ethyl adjacent to an activating group) is 1. The van der Waals surface area contributed by atoms with Gasteiger partial charge in [0.15, 0.2) is 11.0 Å². The number of carbonyl (C=O) groups excluding carboxylic acids is 1. The van der Waals surface area contributed by atoms with Crippen LogP contribution in [-0.4, -0.2) is 75.6 Å². The van der Waals surface area contributed by atoms with Crippen molar-refractivity contribution in [3.05, 3.63) is 23.2 Å². The monoisotopic (exact) mass is 606 g/mol. The van der Waals surface area contributed by atoms with Crippen molar-refractivity contribution in [3.8, 4) is 6.07 Å². The molecule has 5 rings (SSSR count). The highest BCUT2D eigenvalue weighted by Crippen LogP contribution is 2.49. The Bertz CT molecular complexity index is 1330. The van der Waals surface area contributed by atoms with Gasteiger partial charge < -0.3 is 9.69 Å². The molecule has 3 fully saturated rings. The van der Waals surface area contributed by atoms with Crippen LogP contribution in [0.1, 0.15) is 52.3 Å². The summed E-state index contributed by atoms with van der Waals surface area (Å²) in [7, 11) is 1.94. The Kier molecular flexibility index (Phi) is 9.52. The first-order valence-electron chi connectivity index (χ1n) is 13.3. The molecule has 1 unspecified atom stereocenters. The minimum absolute atomic E-state index is 0.0775. The first-order chi connectivity index (χ1) is 19.0. The van der Waals surface area contributed by atoms with Gasteiger partial charge in [0.05, 0.1) is 22.8 Å². The Morgan fingerprint density at radius 2 is 2.02 bits per heavy atom. The maximum absolute atomic E-state index is 13.7. The molecule has 0 amide bonds. The summed E-state index contributed by atoms with van der Waals surface area (Å²) in [4.78, 5) is 19.1. The molecule has 0 aromatic carbocycles. The molecule has 3 N–H and O–H groups in total. The summed E-state index contributed by atoms with van der Waals surface area (Å²) in [6.07, 6.45) is 6.38. The van der Waals surface area contributed by atoms with Crippen LogP contribution in [0.25, 0.3) is 5.52 Å². The molecule has 1 aliphatic heterocycles. The molecule has 0 spiro atoms. The Morgan fingerprint density at radius 3 is 2.58 bits per heavy atom. The molecular weight excluding hydrogens is 571 g/mol. The van der Waals surface area contributed by atoms with Gasteiger partial charge in [0, 0.05) is 42.2 Å². The predicted molar refractivity (Wildman–Crippen MR) is 162 cm³/mol. The van der Waals surface area contributed by atoms with Crippen LogP contribution < -0.4 is 9.62 Å². The second-order valence-corrected chi connectivity index (χ2v) is 13.6. The minimum atomic E-state index is -0.759. The van der Waals surface area contributed by atoms with E-state index in [1.165, 1.54) is 11.9 Å². The van der Waals surface area contributed by atoms with Crippen LogP contribution in [0.15, 0.2) is 17.2 Å². The van der Waals surface area contributed by atoms with Gasteiger partial charge in [-0.15, -0.1) is 0 Å². The van der Waals surface area contributed by atoms with Gasteiger partial charge in [-0.25, -0.2) is 9.37 Å². The van der Waals surface area contributed by atoms with Gasteiger partial charge in [0.1, 0.15) is 28.9 Å². The Labute approximate surface area is 248 Å². The van der Waals surface area contributed by atoms with Crippen LogP contribution in [0.3, 0.4) is 0 Å². The highest BCUT2D eigenvalue weighted by molar-refractivity contribution is 8.26. The summed E-state index contributed by atoms with van der Waals surface area (Å²) in [5.41, 5.74) is 0.890. The number of nitrogens with one attached hydrogen (secondary N) is 3. The third-order valence-corrected chi connectivity index (χ3v) is 9.73. The first-order valence-corrected chi connectivity index (χ1v) is 15.4. The van der Waals surface area contributed by atoms with Crippen LogP contribution in [-0.2, 0) is 4.79 Å². The number of rotatable bonds is 8. The van der Waals surface area contributed by atoms with E-state index in [0.29, 0.717) is 30.7 Å². The maximum Gasteiger partial charge on any atom is 0.171 e. The van der Waals surface area contributed by atoms with E-state index in [9.17, 15) is 14.4 Å². The number of pyridine rings is 1. The van der Waals surface area contributed by atoms with Crippen molar-refractivity contribution in [1.82, 2.24) is 19.0 Å². The van der Waals surface area contributed by atoms with Crippen molar-refractivity contribution in [2.45, 2.75) is 62.9 Å². The van der Waals surface area contributed by atoms with Gasteiger partial charge in [0.25, 0.3) is 0 Å². The SMILES string of the molecule is CC(C)C=O.CN1CCN(c2cc(SNC3(C)CC3)cn3c(C(=N)SC(=N)C4(C#N)CC4)nc(Cl)c23)CC1CF. The molecule has 40 heavy (non-hydrogen) atoms. The number of anilines is 1. The Hall–Kier alpha value is -2.17. The number of nitrogens with zero attached hydrogens (tertiary/aromatic N) is 5. The summed E-state index contributed by atoms with van der Waals surface area (Å²) in [6, 6.07) is 4.07. The van der Waals surface area contributed by atoms with Gasteiger partial charge in [-0.3, -0.25) is 24.8 Å². The number of piperazine rings is 1. The molecule has 1 saturated heterocycles. The zero-order valence-electron chi connectivity index (χ0n) is 23.3. The van der Waals surface area contributed by atoms with Crippen molar-refractivity contribution in [1.29, 1.82) is 16.1 Å². The summed E-state index contributed by atoms with van der Waals surface area (Å²) in [6.45, 7) is 7.44. The van der Waals surface area contributed by atoms with Gasteiger partial charge >= 0.3 is 0 Å². The van der Waals surface area contributed by atoms with E-state index in [2.05, 4.69) is 33.7 Å². The number of carbonyl (C=O) groups is 1. The smallest absolute Gasteiger partial charge is 0.171 e. The predicted octanol–water partition coefficient (Wildman–Crippen LogP) is 5.41. The zero-order chi connectivity index (χ0) is 29.2. The topological polar surface area (TPSA) is 124 Å². The van der Waals surface area contributed by atoms with Gasteiger partial charge in [-0.2, -0.15) is 5.26 Å². The van der Waals surface area contributed by atoms with E-state index in [1.54, 1.807) is 0 Å². The van der Waals surface area contributed by atoms with E-state index in [0.717, 1.165) is 54.6 Å². The number of halogens is 2.